The SMILES string of the molecule is Cc1cccc(C2=[C]([Zr+2]([C]3=C(c4cccc(C)c4)C=CC3)=[Si](C)C)CC=C2)c1.[Cl-].[Cl-]. The Balaban J connectivity index is 0.00000160. The first-order chi connectivity index (χ1) is 13.5. The molecule has 4 rings (SSSR count). The van der Waals surface area contributed by atoms with Gasteiger partial charge in [0.2, 0.25) is 0 Å². The van der Waals surface area contributed by atoms with E-state index in [4.69, 9.17) is 0 Å². The minimum Gasteiger partial charge on any atom is -1.00 e. The Morgan fingerprint density at radius 1 is 0.700 bits per heavy atom. The Morgan fingerprint density at radius 2 is 1.13 bits per heavy atom. The molecule has 0 N–H and O–H groups in total. The molecule has 0 bridgehead atoms. The molecule has 0 fully saturated rings. The van der Waals surface area contributed by atoms with E-state index in [2.05, 4.69) is 99.8 Å². The van der Waals surface area contributed by atoms with E-state index in [1.54, 1.807) is 11.1 Å². The molecule has 154 valence electrons. The zero-order valence-corrected chi connectivity index (χ0v) is 23.1. The predicted octanol–water partition coefficient (Wildman–Crippen LogP) is 1.22. The van der Waals surface area contributed by atoms with Gasteiger partial charge in [0.1, 0.15) is 0 Å². The molecule has 0 spiro atoms. The van der Waals surface area contributed by atoms with Crippen molar-refractivity contribution in [3.05, 3.63) is 102 Å². The third-order valence-corrected chi connectivity index (χ3v) is 22.9. The van der Waals surface area contributed by atoms with Gasteiger partial charge in [-0.05, 0) is 0 Å². The summed E-state index contributed by atoms with van der Waals surface area (Å²) >= 11 is -1.89. The first-order valence-corrected chi connectivity index (χ1v) is 18.8. The van der Waals surface area contributed by atoms with Crippen LogP contribution in [-0.2, 0) is 20.4 Å². The monoisotopic (exact) mass is 528 g/mol. The molecule has 0 radical (unpaired) electrons. The van der Waals surface area contributed by atoms with Crippen LogP contribution >= 0.6 is 0 Å². The molecule has 2 aliphatic rings. The van der Waals surface area contributed by atoms with E-state index in [-0.39, 0.29) is 30.2 Å². The molecule has 0 heterocycles. The number of rotatable bonds is 4. The van der Waals surface area contributed by atoms with Gasteiger partial charge < -0.3 is 24.8 Å². The molecule has 0 atom stereocenters. The van der Waals surface area contributed by atoms with Crippen LogP contribution in [0.25, 0.3) is 11.1 Å². The minimum absolute atomic E-state index is 0. The van der Waals surface area contributed by atoms with Gasteiger partial charge in [-0.25, -0.2) is 0 Å². The minimum atomic E-state index is -1.89. The molecular weight excluding hydrogens is 503 g/mol. The van der Waals surface area contributed by atoms with Crippen molar-refractivity contribution in [1.29, 1.82) is 0 Å². The average molecular weight is 531 g/mol. The average Bonchev–Trinajstić information content (AvgIpc) is 3.32. The van der Waals surface area contributed by atoms with E-state index in [1.165, 1.54) is 35.1 Å². The van der Waals surface area contributed by atoms with E-state index in [0.29, 0.717) is 0 Å². The van der Waals surface area contributed by atoms with Crippen molar-refractivity contribution in [3.63, 3.8) is 0 Å². The number of allylic oxidation sites excluding steroid dienone is 8. The standard InChI is InChI=1S/2C12H11.C2H6Si.2ClH.Zr/c2*1-10-5-4-8-12(9-10)11-6-2-3-7-11;1-3-2;;;/h2*2,4-6,8-9H,3H2,1H3;1-2H3;2*1H;/q;;;;;+2/p-2. The Kier molecular flexibility index (Phi) is 9.37. The normalized spacial score (nSPS) is 14.4. The van der Waals surface area contributed by atoms with Crippen molar-refractivity contribution in [3.8, 4) is 0 Å². The largest absolute Gasteiger partial charge is 1.00 e. The van der Waals surface area contributed by atoms with Crippen LogP contribution in [-0.4, -0.2) is 5.43 Å². The van der Waals surface area contributed by atoms with Gasteiger partial charge in [-0.15, -0.1) is 0 Å². The number of aryl methyl sites for hydroxylation is 2. The summed E-state index contributed by atoms with van der Waals surface area (Å²) in [6, 6.07) is 18.2. The molecule has 2 aromatic carbocycles. The van der Waals surface area contributed by atoms with E-state index in [1.807, 2.05) is 6.56 Å². The van der Waals surface area contributed by atoms with Crippen molar-refractivity contribution in [2.45, 2.75) is 39.8 Å². The number of halogens is 2. The van der Waals surface area contributed by atoms with Gasteiger partial charge in [-0.3, -0.25) is 0 Å². The van der Waals surface area contributed by atoms with Crippen LogP contribution in [0.15, 0.2) is 79.4 Å². The summed E-state index contributed by atoms with van der Waals surface area (Å²) in [7, 11) is 0. The molecule has 4 heteroatoms. The number of benzene rings is 2. The third-order valence-electron chi connectivity index (χ3n) is 5.62. The zero-order chi connectivity index (χ0) is 19.7. The fraction of sp³-hybridized carbons (Fsp3) is 0.231. The first-order valence-electron chi connectivity index (χ1n) is 10.2. The molecule has 0 aliphatic heterocycles. The van der Waals surface area contributed by atoms with Gasteiger partial charge in [-0.1, -0.05) is 0 Å². The van der Waals surface area contributed by atoms with Crippen LogP contribution in [0.3, 0.4) is 0 Å². The second-order valence-corrected chi connectivity index (χ2v) is 25.3. The molecule has 0 saturated heterocycles. The van der Waals surface area contributed by atoms with Crippen molar-refractivity contribution in [2.24, 2.45) is 0 Å². The maximum atomic E-state index is 2.57. The van der Waals surface area contributed by atoms with Gasteiger partial charge in [0.15, 0.2) is 0 Å². The van der Waals surface area contributed by atoms with Crippen LogP contribution in [0.1, 0.15) is 35.1 Å². The van der Waals surface area contributed by atoms with E-state index < -0.39 is 20.4 Å². The second kappa shape index (κ2) is 11.1. The van der Waals surface area contributed by atoms with Crippen LogP contribution in [0.5, 0.6) is 0 Å². The van der Waals surface area contributed by atoms with E-state index in [0.717, 1.165) is 0 Å². The molecular formula is C26H28Cl2SiZr. The quantitative estimate of drug-likeness (QED) is 0.522. The van der Waals surface area contributed by atoms with Crippen molar-refractivity contribution in [2.75, 3.05) is 0 Å². The molecule has 2 aliphatic carbocycles. The van der Waals surface area contributed by atoms with Gasteiger partial charge in [0, 0.05) is 0 Å². The fourth-order valence-electron chi connectivity index (χ4n) is 4.44. The summed E-state index contributed by atoms with van der Waals surface area (Å²) in [5.41, 5.74) is 8.32. The molecule has 0 saturated carbocycles. The first kappa shape index (κ1) is 25.3. The van der Waals surface area contributed by atoms with Crippen molar-refractivity contribution >= 4 is 16.6 Å². The Bertz CT molecular complexity index is 1020. The molecule has 0 amide bonds. The zero-order valence-electron chi connectivity index (χ0n) is 18.1. The smallest absolute Gasteiger partial charge is 1.00 e. The summed E-state index contributed by atoms with van der Waals surface area (Å²) in [5, 5.41) is 0. The molecule has 30 heavy (non-hydrogen) atoms. The van der Waals surface area contributed by atoms with Crippen LogP contribution in [0, 0.1) is 13.8 Å². The van der Waals surface area contributed by atoms with Gasteiger partial charge in [0.25, 0.3) is 0 Å². The number of hydrogen-bond acceptors (Lipinski definition) is 0. The Labute approximate surface area is 201 Å². The fourth-order valence-corrected chi connectivity index (χ4v) is 22.3. The molecule has 2 aromatic rings. The number of hydrogen-bond donors (Lipinski definition) is 0. The van der Waals surface area contributed by atoms with Gasteiger partial charge in [-0.2, -0.15) is 0 Å². The molecule has 0 unspecified atom stereocenters. The Morgan fingerprint density at radius 3 is 1.50 bits per heavy atom. The molecule has 0 aromatic heterocycles. The molecule has 0 nitrogen and oxygen atoms in total. The van der Waals surface area contributed by atoms with Gasteiger partial charge >= 0.3 is 178 Å². The summed E-state index contributed by atoms with van der Waals surface area (Å²) < 4.78 is 3.66. The van der Waals surface area contributed by atoms with E-state index >= 15 is 0 Å². The van der Waals surface area contributed by atoms with E-state index in [9.17, 15) is 0 Å². The Hall–Kier alpha value is -0.920. The van der Waals surface area contributed by atoms with Crippen molar-refractivity contribution < 1.29 is 45.2 Å². The summed E-state index contributed by atoms with van der Waals surface area (Å²) in [6.45, 7) is 9.54. The summed E-state index contributed by atoms with van der Waals surface area (Å²) in [4.78, 5) is 0. The topological polar surface area (TPSA) is 0 Å². The maximum Gasteiger partial charge on any atom is -1.00 e. The van der Waals surface area contributed by atoms with Gasteiger partial charge in [0.05, 0.1) is 0 Å². The van der Waals surface area contributed by atoms with Crippen LogP contribution in [0.2, 0.25) is 13.1 Å². The van der Waals surface area contributed by atoms with Crippen LogP contribution < -0.4 is 24.8 Å². The summed E-state index contributed by atoms with van der Waals surface area (Å²) in [6.07, 6.45) is 12.0. The summed E-state index contributed by atoms with van der Waals surface area (Å²) in [5.74, 6) is 0. The third kappa shape index (κ3) is 5.28. The van der Waals surface area contributed by atoms with Crippen molar-refractivity contribution in [1.82, 2.24) is 0 Å². The van der Waals surface area contributed by atoms with Crippen LogP contribution in [0.4, 0.5) is 0 Å². The predicted molar refractivity (Wildman–Crippen MR) is 121 cm³/mol. The maximum absolute atomic E-state index is 2.57. The second-order valence-electron chi connectivity index (χ2n) is 8.11.